The predicted molar refractivity (Wildman–Crippen MR) is 83.0 cm³/mol. The highest BCUT2D eigenvalue weighted by Gasteiger charge is 2.30. The minimum absolute atomic E-state index is 0.144. The van der Waals surface area contributed by atoms with Gasteiger partial charge >= 0.3 is 0 Å². The number of sulfonamides is 1. The number of hydrogen-bond acceptors (Lipinski definition) is 4. The normalized spacial score (nSPS) is 20.8. The number of piperazine rings is 1. The lowest BCUT2D eigenvalue weighted by Crippen LogP contribution is -2.51. The zero-order valence-corrected chi connectivity index (χ0v) is 13.2. The van der Waals surface area contributed by atoms with Crippen molar-refractivity contribution >= 4 is 32.5 Å². The summed E-state index contributed by atoms with van der Waals surface area (Å²) in [5.74, 6) is 0. The lowest BCUT2D eigenvalue weighted by molar-refractivity contribution is 0.310. The van der Waals surface area contributed by atoms with Gasteiger partial charge in [0.1, 0.15) is 0 Å². The van der Waals surface area contributed by atoms with E-state index in [0.717, 1.165) is 0 Å². The number of fused-ring (bicyclic) bond motifs is 1. The molecule has 7 heteroatoms. The second-order valence-corrected chi connectivity index (χ2v) is 7.48. The molecule has 0 radical (unpaired) electrons. The van der Waals surface area contributed by atoms with Crippen molar-refractivity contribution in [1.29, 1.82) is 0 Å². The van der Waals surface area contributed by atoms with Crippen molar-refractivity contribution in [3.8, 4) is 0 Å². The molecule has 1 saturated heterocycles. The van der Waals surface area contributed by atoms with Crippen molar-refractivity contribution in [2.75, 3.05) is 19.6 Å². The molecule has 0 bridgehead atoms. The van der Waals surface area contributed by atoms with Crippen molar-refractivity contribution in [2.24, 2.45) is 0 Å². The molecule has 3 rings (SSSR count). The minimum atomic E-state index is -3.54. The number of nitrogens with one attached hydrogen (secondary N) is 1. The van der Waals surface area contributed by atoms with Crippen molar-refractivity contribution in [1.82, 2.24) is 14.6 Å². The van der Waals surface area contributed by atoms with Gasteiger partial charge in [-0.05, 0) is 31.2 Å². The monoisotopic (exact) mass is 325 g/mol. The molecule has 1 N–H and O–H groups in total. The molecule has 2 aromatic rings. The Morgan fingerprint density at radius 2 is 2.19 bits per heavy atom. The smallest absolute Gasteiger partial charge is 0.243 e. The zero-order valence-electron chi connectivity index (χ0n) is 11.6. The van der Waals surface area contributed by atoms with Gasteiger partial charge in [-0.2, -0.15) is 4.31 Å². The molecule has 0 saturated carbocycles. The number of nitrogens with zero attached hydrogens (tertiary/aromatic N) is 2. The highest BCUT2D eigenvalue weighted by atomic mass is 35.5. The Hall–Kier alpha value is -1.21. The molecule has 0 amide bonds. The van der Waals surface area contributed by atoms with E-state index in [4.69, 9.17) is 11.6 Å². The van der Waals surface area contributed by atoms with E-state index in [1.165, 1.54) is 4.31 Å². The number of halogens is 1. The average Bonchev–Trinajstić information content (AvgIpc) is 2.47. The second-order valence-electron chi connectivity index (χ2n) is 5.16. The predicted octanol–water partition coefficient (Wildman–Crippen LogP) is 1.87. The summed E-state index contributed by atoms with van der Waals surface area (Å²) in [6, 6.07) is 6.76. The maximum Gasteiger partial charge on any atom is 0.243 e. The average molecular weight is 326 g/mol. The van der Waals surface area contributed by atoms with Gasteiger partial charge in [0.25, 0.3) is 0 Å². The Balaban J connectivity index is 2.13. The Morgan fingerprint density at radius 3 is 2.95 bits per heavy atom. The van der Waals surface area contributed by atoms with Crippen LogP contribution in [0.3, 0.4) is 0 Å². The lowest BCUT2D eigenvalue weighted by atomic mass is 10.2. The first kappa shape index (κ1) is 14.7. The van der Waals surface area contributed by atoms with Crippen LogP contribution < -0.4 is 5.32 Å². The fraction of sp³-hybridized carbons (Fsp3) is 0.357. The largest absolute Gasteiger partial charge is 0.312 e. The molecule has 1 aromatic carbocycles. The van der Waals surface area contributed by atoms with Crippen LogP contribution in [0.4, 0.5) is 0 Å². The van der Waals surface area contributed by atoms with Crippen LogP contribution in [-0.2, 0) is 10.0 Å². The summed E-state index contributed by atoms with van der Waals surface area (Å²) in [4.78, 5) is 4.46. The Bertz CT molecular complexity index is 779. The molecule has 1 aliphatic heterocycles. The molecular formula is C14H16ClN3O2S. The van der Waals surface area contributed by atoms with Gasteiger partial charge in [-0.1, -0.05) is 11.6 Å². The quantitative estimate of drug-likeness (QED) is 0.915. The van der Waals surface area contributed by atoms with Gasteiger partial charge in [-0.3, -0.25) is 4.98 Å². The molecular weight excluding hydrogens is 310 g/mol. The third-order valence-electron chi connectivity index (χ3n) is 3.63. The summed E-state index contributed by atoms with van der Waals surface area (Å²) in [5.41, 5.74) is 0.517. The van der Waals surface area contributed by atoms with Crippen molar-refractivity contribution in [3.05, 3.63) is 35.5 Å². The molecule has 1 aromatic heterocycles. The van der Waals surface area contributed by atoms with Gasteiger partial charge in [0.05, 0.1) is 15.4 Å². The summed E-state index contributed by atoms with van der Waals surface area (Å²) in [7, 11) is -3.54. The SMILES string of the molecule is CC1CN(S(=O)(=O)c2ccc(Cl)c3ncccc23)CCN1. The van der Waals surface area contributed by atoms with Crippen LogP contribution in [0.2, 0.25) is 5.02 Å². The summed E-state index contributed by atoms with van der Waals surface area (Å²) in [6.45, 7) is 3.57. The fourth-order valence-electron chi connectivity index (χ4n) is 2.59. The van der Waals surface area contributed by atoms with Gasteiger partial charge in [0.2, 0.25) is 10.0 Å². The number of hydrogen-bond donors (Lipinski definition) is 1. The first-order chi connectivity index (χ1) is 10.00. The third kappa shape index (κ3) is 2.64. The number of rotatable bonds is 2. The number of aromatic nitrogens is 1. The molecule has 1 fully saturated rings. The molecule has 21 heavy (non-hydrogen) atoms. The minimum Gasteiger partial charge on any atom is -0.312 e. The lowest BCUT2D eigenvalue weighted by Gasteiger charge is -2.31. The van der Waals surface area contributed by atoms with Gasteiger partial charge < -0.3 is 5.32 Å². The van der Waals surface area contributed by atoms with Crippen molar-refractivity contribution in [3.63, 3.8) is 0 Å². The Labute approximate surface area is 129 Å². The maximum atomic E-state index is 12.9. The summed E-state index contributed by atoms with van der Waals surface area (Å²) in [6.07, 6.45) is 1.61. The summed E-state index contributed by atoms with van der Waals surface area (Å²) < 4.78 is 27.3. The first-order valence-electron chi connectivity index (χ1n) is 6.77. The first-order valence-corrected chi connectivity index (χ1v) is 8.59. The topological polar surface area (TPSA) is 62.3 Å². The van der Waals surface area contributed by atoms with E-state index in [2.05, 4.69) is 10.3 Å². The summed E-state index contributed by atoms with van der Waals surface area (Å²) in [5, 5.41) is 4.26. The second kappa shape index (κ2) is 5.53. The van der Waals surface area contributed by atoms with E-state index in [1.54, 1.807) is 30.5 Å². The van der Waals surface area contributed by atoms with Crippen LogP contribution in [0, 0.1) is 0 Å². The van der Waals surface area contributed by atoms with Crippen LogP contribution in [0.5, 0.6) is 0 Å². The Morgan fingerprint density at radius 1 is 1.38 bits per heavy atom. The molecule has 5 nitrogen and oxygen atoms in total. The Kier molecular flexibility index (Phi) is 3.88. The molecule has 1 unspecified atom stereocenters. The highest BCUT2D eigenvalue weighted by Crippen LogP contribution is 2.29. The van der Waals surface area contributed by atoms with Crippen LogP contribution in [0.1, 0.15) is 6.92 Å². The highest BCUT2D eigenvalue weighted by molar-refractivity contribution is 7.89. The van der Waals surface area contributed by atoms with Gasteiger partial charge in [0, 0.05) is 37.3 Å². The molecule has 2 heterocycles. The van der Waals surface area contributed by atoms with Crippen LogP contribution in [0.25, 0.3) is 10.9 Å². The van der Waals surface area contributed by atoms with Gasteiger partial charge in [0.15, 0.2) is 0 Å². The maximum absolute atomic E-state index is 12.9. The van der Waals surface area contributed by atoms with E-state index in [-0.39, 0.29) is 10.9 Å². The van der Waals surface area contributed by atoms with Crippen LogP contribution >= 0.6 is 11.6 Å². The van der Waals surface area contributed by atoms with E-state index >= 15 is 0 Å². The van der Waals surface area contributed by atoms with Crippen molar-refractivity contribution in [2.45, 2.75) is 17.9 Å². The van der Waals surface area contributed by atoms with E-state index in [1.807, 2.05) is 6.92 Å². The van der Waals surface area contributed by atoms with Gasteiger partial charge in [-0.25, -0.2) is 8.42 Å². The van der Waals surface area contributed by atoms with Crippen molar-refractivity contribution < 1.29 is 8.42 Å². The molecule has 0 aliphatic carbocycles. The molecule has 1 atom stereocenters. The standard InChI is InChI=1S/C14H16ClN3O2S/c1-10-9-18(8-7-16-10)21(19,20)13-5-4-12(15)14-11(13)3-2-6-17-14/h2-6,10,16H,7-9H2,1H3. The van der Waals surface area contributed by atoms with Crippen LogP contribution in [-0.4, -0.2) is 43.4 Å². The molecule has 0 spiro atoms. The van der Waals surface area contributed by atoms with Gasteiger partial charge in [-0.15, -0.1) is 0 Å². The van der Waals surface area contributed by atoms with E-state index in [0.29, 0.717) is 35.6 Å². The van der Waals surface area contributed by atoms with E-state index in [9.17, 15) is 8.42 Å². The zero-order chi connectivity index (χ0) is 15.0. The summed E-state index contributed by atoms with van der Waals surface area (Å²) >= 11 is 6.11. The number of benzene rings is 1. The van der Waals surface area contributed by atoms with Crippen LogP contribution in [0.15, 0.2) is 35.4 Å². The molecule has 112 valence electrons. The molecule has 1 aliphatic rings. The van der Waals surface area contributed by atoms with E-state index < -0.39 is 10.0 Å². The third-order valence-corrected chi connectivity index (χ3v) is 5.86. The fourth-order valence-corrected chi connectivity index (χ4v) is 4.52. The number of pyridine rings is 1.